The Morgan fingerprint density at radius 2 is 2.06 bits per heavy atom. The third kappa shape index (κ3) is 4.73. The van der Waals surface area contributed by atoms with Crippen LogP contribution in [0.15, 0.2) is 0 Å². The summed E-state index contributed by atoms with van der Waals surface area (Å²) in [5.74, 6) is -0.384. The minimum atomic E-state index is -0.260. The van der Waals surface area contributed by atoms with Crippen LogP contribution in [0.1, 0.15) is 39.0 Å². The lowest BCUT2D eigenvalue weighted by atomic mass is 9.82. The number of hydrogen-bond donors (Lipinski definition) is 3. The monoisotopic (exact) mass is 241 g/mol. The Labute approximate surface area is 103 Å². The molecule has 0 saturated heterocycles. The first-order chi connectivity index (χ1) is 8.17. The third-order valence-corrected chi connectivity index (χ3v) is 3.38. The van der Waals surface area contributed by atoms with Gasteiger partial charge in [0.15, 0.2) is 0 Å². The van der Waals surface area contributed by atoms with E-state index in [1.54, 1.807) is 0 Å². The average Bonchev–Trinajstić information content (AvgIpc) is 2.29. The van der Waals surface area contributed by atoms with Gasteiger partial charge in [-0.1, -0.05) is 13.3 Å². The van der Waals surface area contributed by atoms with Crippen molar-refractivity contribution in [2.24, 2.45) is 11.7 Å². The molecule has 0 aliphatic heterocycles. The van der Waals surface area contributed by atoms with E-state index in [-0.39, 0.29) is 23.9 Å². The lowest BCUT2D eigenvalue weighted by Gasteiger charge is -2.33. The topological polar surface area (TPSA) is 84.2 Å². The van der Waals surface area contributed by atoms with Crippen molar-refractivity contribution >= 4 is 12.3 Å². The first-order valence-corrected chi connectivity index (χ1v) is 6.39. The molecule has 0 spiro atoms. The molecule has 0 bridgehead atoms. The second-order valence-corrected chi connectivity index (χ2v) is 4.79. The van der Waals surface area contributed by atoms with Gasteiger partial charge in [-0.05, 0) is 32.2 Å². The number of carbonyl (C=O) groups is 2. The SMILES string of the molecule is CCCCNC1CC(NC=O)CC(C(N)=O)C1. The molecule has 1 aliphatic carbocycles. The van der Waals surface area contributed by atoms with Gasteiger partial charge in [-0.15, -0.1) is 0 Å². The largest absolute Gasteiger partial charge is 0.369 e. The summed E-state index contributed by atoms with van der Waals surface area (Å²) in [5.41, 5.74) is 5.36. The molecule has 5 heteroatoms. The van der Waals surface area contributed by atoms with E-state index in [0.717, 1.165) is 32.2 Å². The van der Waals surface area contributed by atoms with Gasteiger partial charge in [0.25, 0.3) is 0 Å². The summed E-state index contributed by atoms with van der Waals surface area (Å²) >= 11 is 0. The summed E-state index contributed by atoms with van der Waals surface area (Å²) in [7, 11) is 0. The van der Waals surface area contributed by atoms with E-state index >= 15 is 0 Å². The van der Waals surface area contributed by atoms with E-state index in [2.05, 4.69) is 17.6 Å². The molecule has 1 saturated carbocycles. The predicted octanol–water partition coefficient (Wildman–Crippen LogP) is 0.145. The maximum atomic E-state index is 11.3. The van der Waals surface area contributed by atoms with Gasteiger partial charge < -0.3 is 16.4 Å². The molecular weight excluding hydrogens is 218 g/mol. The van der Waals surface area contributed by atoms with Gasteiger partial charge in [0.2, 0.25) is 12.3 Å². The molecule has 3 atom stereocenters. The highest BCUT2D eigenvalue weighted by molar-refractivity contribution is 5.76. The summed E-state index contributed by atoms with van der Waals surface area (Å²) in [6.45, 7) is 3.10. The molecule has 4 N–H and O–H groups in total. The van der Waals surface area contributed by atoms with E-state index in [1.165, 1.54) is 0 Å². The van der Waals surface area contributed by atoms with Gasteiger partial charge >= 0.3 is 0 Å². The Balaban J connectivity index is 2.46. The zero-order valence-electron chi connectivity index (χ0n) is 10.4. The Hall–Kier alpha value is -1.10. The summed E-state index contributed by atoms with van der Waals surface area (Å²) in [5, 5.41) is 6.19. The number of carbonyl (C=O) groups excluding carboxylic acids is 2. The minimum absolute atomic E-state index is 0.0675. The molecule has 2 amide bonds. The number of amides is 2. The third-order valence-electron chi connectivity index (χ3n) is 3.38. The summed E-state index contributed by atoms with van der Waals surface area (Å²) in [6.07, 6.45) is 5.32. The van der Waals surface area contributed by atoms with Crippen LogP contribution in [-0.2, 0) is 9.59 Å². The Morgan fingerprint density at radius 1 is 1.35 bits per heavy atom. The molecule has 0 aromatic carbocycles. The van der Waals surface area contributed by atoms with Crippen LogP contribution >= 0.6 is 0 Å². The molecule has 0 aromatic rings. The van der Waals surface area contributed by atoms with E-state index in [4.69, 9.17) is 5.73 Å². The van der Waals surface area contributed by atoms with Crippen molar-refractivity contribution in [2.75, 3.05) is 6.54 Å². The van der Waals surface area contributed by atoms with Gasteiger partial charge in [0, 0.05) is 18.0 Å². The predicted molar refractivity (Wildman–Crippen MR) is 66.2 cm³/mol. The summed E-state index contributed by atoms with van der Waals surface area (Å²) in [6, 6.07) is 0.350. The van der Waals surface area contributed by atoms with Crippen LogP contribution in [-0.4, -0.2) is 30.9 Å². The number of nitrogens with two attached hydrogens (primary N) is 1. The number of hydrogen-bond acceptors (Lipinski definition) is 3. The zero-order chi connectivity index (χ0) is 12.7. The second kappa shape index (κ2) is 7.27. The average molecular weight is 241 g/mol. The van der Waals surface area contributed by atoms with Crippen molar-refractivity contribution in [2.45, 2.75) is 51.1 Å². The fraction of sp³-hybridized carbons (Fsp3) is 0.833. The first kappa shape index (κ1) is 14.0. The molecule has 98 valence electrons. The second-order valence-electron chi connectivity index (χ2n) is 4.79. The molecule has 1 fully saturated rings. The van der Waals surface area contributed by atoms with Crippen LogP contribution in [0.5, 0.6) is 0 Å². The highest BCUT2D eigenvalue weighted by atomic mass is 16.1. The van der Waals surface area contributed by atoms with Crippen molar-refractivity contribution < 1.29 is 9.59 Å². The quantitative estimate of drug-likeness (QED) is 0.438. The van der Waals surface area contributed by atoms with E-state index < -0.39 is 0 Å². The van der Waals surface area contributed by atoms with Crippen LogP contribution in [0.2, 0.25) is 0 Å². The normalized spacial score (nSPS) is 28.6. The highest BCUT2D eigenvalue weighted by Crippen LogP contribution is 2.24. The molecule has 5 nitrogen and oxygen atoms in total. The molecule has 1 rings (SSSR count). The molecule has 1 aliphatic rings. The van der Waals surface area contributed by atoms with E-state index in [0.29, 0.717) is 12.8 Å². The molecule has 3 unspecified atom stereocenters. The standard InChI is InChI=1S/C12H23N3O2/c1-2-3-4-14-10-5-9(12(13)17)6-11(7-10)15-8-16/h8-11,14H,2-7H2,1H3,(H2,13,17)(H,15,16). The fourth-order valence-corrected chi connectivity index (χ4v) is 2.43. The van der Waals surface area contributed by atoms with Crippen molar-refractivity contribution in [1.82, 2.24) is 10.6 Å². The van der Waals surface area contributed by atoms with Crippen LogP contribution in [0, 0.1) is 5.92 Å². The van der Waals surface area contributed by atoms with Gasteiger partial charge in [0.05, 0.1) is 0 Å². The zero-order valence-corrected chi connectivity index (χ0v) is 10.4. The van der Waals surface area contributed by atoms with Gasteiger partial charge in [-0.2, -0.15) is 0 Å². The van der Waals surface area contributed by atoms with Crippen molar-refractivity contribution in [3.63, 3.8) is 0 Å². The number of rotatable bonds is 7. The number of nitrogens with one attached hydrogen (secondary N) is 2. The van der Waals surface area contributed by atoms with Gasteiger partial charge in [-0.3, -0.25) is 9.59 Å². The smallest absolute Gasteiger partial charge is 0.220 e. The maximum Gasteiger partial charge on any atom is 0.220 e. The molecule has 17 heavy (non-hydrogen) atoms. The Kier molecular flexibility index (Phi) is 5.97. The lowest BCUT2D eigenvalue weighted by Crippen LogP contribution is -2.47. The van der Waals surface area contributed by atoms with Gasteiger partial charge in [0.1, 0.15) is 0 Å². The fourth-order valence-electron chi connectivity index (χ4n) is 2.43. The molecule has 0 radical (unpaired) electrons. The number of unbranched alkanes of at least 4 members (excludes halogenated alkanes) is 1. The molecular formula is C12H23N3O2. The Bertz CT molecular complexity index is 258. The highest BCUT2D eigenvalue weighted by Gasteiger charge is 2.31. The molecule has 0 heterocycles. The minimum Gasteiger partial charge on any atom is -0.369 e. The first-order valence-electron chi connectivity index (χ1n) is 6.39. The maximum absolute atomic E-state index is 11.3. The van der Waals surface area contributed by atoms with Crippen LogP contribution in [0.4, 0.5) is 0 Å². The Morgan fingerprint density at radius 3 is 2.65 bits per heavy atom. The molecule has 0 aromatic heterocycles. The van der Waals surface area contributed by atoms with Crippen molar-refractivity contribution in [3.05, 3.63) is 0 Å². The van der Waals surface area contributed by atoms with Crippen molar-refractivity contribution in [3.8, 4) is 0 Å². The van der Waals surface area contributed by atoms with E-state index in [9.17, 15) is 9.59 Å². The van der Waals surface area contributed by atoms with E-state index in [1.807, 2.05) is 0 Å². The summed E-state index contributed by atoms with van der Waals surface area (Å²) in [4.78, 5) is 21.7. The lowest BCUT2D eigenvalue weighted by molar-refractivity contribution is -0.123. The number of primary amides is 1. The summed E-state index contributed by atoms with van der Waals surface area (Å²) < 4.78 is 0. The van der Waals surface area contributed by atoms with Gasteiger partial charge in [-0.25, -0.2) is 0 Å². The van der Waals surface area contributed by atoms with Crippen LogP contribution < -0.4 is 16.4 Å². The van der Waals surface area contributed by atoms with Crippen molar-refractivity contribution in [1.29, 1.82) is 0 Å². The van der Waals surface area contributed by atoms with Crippen LogP contribution in [0.3, 0.4) is 0 Å². The van der Waals surface area contributed by atoms with Crippen LogP contribution in [0.25, 0.3) is 0 Å².